The van der Waals surface area contributed by atoms with Gasteiger partial charge in [-0.2, -0.15) is 0 Å². The number of nitrogens with two attached hydrogens (primary N) is 1. The lowest BCUT2D eigenvalue weighted by Gasteiger charge is -2.27. The van der Waals surface area contributed by atoms with Crippen LogP contribution in [0, 0.1) is 5.92 Å². The van der Waals surface area contributed by atoms with E-state index < -0.39 is 0 Å². The molecule has 0 radical (unpaired) electrons. The zero-order chi connectivity index (χ0) is 16.6. The van der Waals surface area contributed by atoms with Crippen molar-refractivity contribution < 1.29 is 4.74 Å². The lowest BCUT2D eigenvalue weighted by atomic mass is 9.80. The second kappa shape index (κ2) is 9.09. The van der Waals surface area contributed by atoms with E-state index in [1.165, 1.54) is 11.1 Å². The molecule has 1 rings (SSSR count). The summed E-state index contributed by atoms with van der Waals surface area (Å²) in [5.74, 6) is 1.86. The Morgan fingerprint density at radius 2 is 1.67 bits per heavy atom. The maximum atomic E-state index is 6.01. The van der Waals surface area contributed by atoms with Gasteiger partial charge in [0.1, 0.15) is 5.75 Å². The minimum Gasteiger partial charge on any atom is -0.493 e. The Kier molecular flexibility index (Phi) is 8.65. The maximum absolute atomic E-state index is 6.01. The molecule has 0 aliphatic rings. The van der Waals surface area contributed by atoms with Crippen LogP contribution in [0.2, 0.25) is 0 Å². The molecule has 1 aromatic carbocycles. The molecule has 0 saturated heterocycles. The second-order valence-corrected chi connectivity index (χ2v) is 6.77. The van der Waals surface area contributed by atoms with E-state index in [0.29, 0.717) is 25.0 Å². The molecule has 0 amide bonds. The van der Waals surface area contributed by atoms with Crippen LogP contribution in [0.5, 0.6) is 5.75 Å². The molecule has 1 atom stereocenters. The van der Waals surface area contributed by atoms with Crippen molar-refractivity contribution in [2.45, 2.75) is 66.7 Å². The summed E-state index contributed by atoms with van der Waals surface area (Å²) in [6, 6.07) is 6.39. The SMILES string of the molecule is CC.CC(CN)COc1cccc(C(C)(C)C)c1C(C)C. The van der Waals surface area contributed by atoms with Crippen molar-refractivity contribution in [3.8, 4) is 5.75 Å². The van der Waals surface area contributed by atoms with Crippen molar-refractivity contribution in [2.24, 2.45) is 11.7 Å². The summed E-state index contributed by atoms with van der Waals surface area (Å²) in [7, 11) is 0. The van der Waals surface area contributed by atoms with E-state index in [1.807, 2.05) is 13.8 Å². The van der Waals surface area contributed by atoms with Gasteiger partial charge in [0, 0.05) is 11.5 Å². The Bertz CT molecular complexity index is 405. The van der Waals surface area contributed by atoms with Crippen LogP contribution in [-0.4, -0.2) is 13.2 Å². The van der Waals surface area contributed by atoms with Crippen LogP contribution >= 0.6 is 0 Å². The van der Waals surface area contributed by atoms with Crippen LogP contribution in [0.3, 0.4) is 0 Å². The average molecular weight is 293 g/mol. The summed E-state index contributed by atoms with van der Waals surface area (Å²) in [4.78, 5) is 0. The zero-order valence-corrected chi connectivity index (χ0v) is 15.3. The molecule has 0 saturated carbocycles. The molecule has 0 spiro atoms. The largest absolute Gasteiger partial charge is 0.493 e. The Morgan fingerprint density at radius 3 is 2.10 bits per heavy atom. The van der Waals surface area contributed by atoms with Crippen molar-refractivity contribution in [3.05, 3.63) is 29.3 Å². The van der Waals surface area contributed by atoms with Gasteiger partial charge in [0.15, 0.2) is 0 Å². The number of rotatable bonds is 5. The van der Waals surface area contributed by atoms with Gasteiger partial charge >= 0.3 is 0 Å². The summed E-state index contributed by atoms with van der Waals surface area (Å²) in [5.41, 5.74) is 8.50. The maximum Gasteiger partial charge on any atom is 0.123 e. The molecule has 1 aromatic rings. The molecule has 0 fully saturated rings. The van der Waals surface area contributed by atoms with Crippen molar-refractivity contribution in [1.29, 1.82) is 0 Å². The van der Waals surface area contributed by atoms with E-state index in [0.717, 1.165) is 5.75 Å². The van der Waals surface area contributed by atoms with Gasteiger partial charge in [-0.1, -0.05) is 67.5 Å². The number of benzene rings is 1. The molecule has 2 N–H and O–H groups in total. The van der Waals surface area contributed by atoms with Gasteiger partial charge in [-0.15, -0.1) is 0 Å². The molecule has 21 heavy (non-hydrogen) atoms. The fraction of sp³-hybridized carbons (Fsp3) is 0.684. The van der Waals surface area contributed by atoms with Crippen LogP contribution in [0.15, 0.2) is 18.2 Å². The molecule has 0 heterocycles. The normalized spacial score (nSPS) is 12.7. The third kappa shape index (κ3) is 6.09. The van der Waals surface area contributed by atoms with E-state index in [2.05, 4.69) is 59.7 Å². The average Bonchev–Trinajstić information content (AvgIpc) is 2.45. The van der Waals surface area contributed by atoms with Crippen LogP contribution in [0.1, 0.15) is 72.4 Å². The van der Waals surface area contributed by atoms with Crippen LogP contribution < -0.4 is 10.5 Å². The van der Waals surface area contributed by atoms with Gasteiger partial charge in [-0.25, -0.2) is 0 Å². The van der Waals surface area contributed by atoms with E-state index in [-0.39, 0.29) is 5.41 Å². The third-order valence-electron chi connectivity index (χ3n) is 3.38. The first-order valence-corrected chi connectivity index (χ1v) is 8.23. The highest BCUT2D eigenvalue weighted by molar-refractivity contribution is 5.45. The lowest BCUT2D eigenvalue weighted by molar-refractivity contribution is 0.260. The van der Waals surface area contributed by atoms with Gasteiger partial charge < -0.3 is 10.5 Å². The number of hydrogen-bond acceptors (Lipinski definition) is 2. The predicted molar refractivity (Wildman–Crippen MR) is 94.3 cm³/mol. The number of ether oxygens (including phenoxy) is 1. The lowest BCUT2D eigenvalue weighted by Crippen LogP contribution is -2.20. The van der Waals surface area contributed by atoms with E-state index in [4.69, 9.17) is 10.5 Å². The first-order chi connectivity index (χ1) is 9.77. The highest BCUT2D eigenvalue weighted by atomic mass is 16.5. The van der Waals surface area contributed by atoms with E-state index in [9.17, 15) is 0 Å². The minimum absolute atomic E-state index is 0.137. The summed E-state index contributed by atoms with van der Waals surface area (Å²) >= 11 is 0. The zero-order valence-electron chi connectivity index (χ0n) is 15.3. The second-order valence-electron chi connectivity index (χ2n) is 6.77. The molecule has 1 unspecified atom stereocenters. The van der Waals surface area contributed by atoms with E-state index >= 15 is 0 Å². The van der Waals surface area contributed by atoms with Crippen LogP contribution in [0.4, 0.5) is 0 Å². The Balaban J connectivity index is 0.00000191. The molecule has 0 aliphatic heterocycles. The Hall–Kier alpha value is -1.02. The third-order valence-corrected chi connectivity index (χ3v) is 3.38. The standard InChI is InChI=1S/C17H29NO.C2H6/c1-12(2)16-14(17(4,5)6)8-7-9-15(16)19-11-13(3)10-18;1-2/h7-9,12-13H,10-11,18H2,1-6H3;1-2H3. The van der Waals surface area contributed by atoms with Gasteiger partial charge in [-0.05, 0) is 29.5 Å². The first-order valence-electron chi connectivity index (χ1n) is 8.23. The summed E-state index contributed by atoms with van der Waals surface area (Å²) in [6.07, 6.45) is 0. The Morgan fingerprint density at radius 1 is 1.10 bits per heavy atom. The molecular formula is C19H35NO. The summed E-state index contributed by atoms with van der Waals surface area (Å²) in [5, 5.41) is 0. The van der Waals surface area contributed by atoms with Crippen molar-refractivity contribution >= 4 is 0 Å². The minimum atomic E-state index is 0.137. The predicted octanol–water partition coefficient (Wildman–Crippen LogP) is 5.11. The van der Waals surface area contributed by atoms with Crippen molar-refractivity contribution in [3.63, 3.8) is 0 Å². The van der Waals surface area contributed by atoms with Crippen LogP contribution in [-0.2, 0) is 5.41 Å². The van der Waals surface area contributed by atoms with E-state index in [1.54, 1.807) is 0 Å². The van der Waals surface area contributed by atoms with Gasteiger partial charge in [0.05, 0.1) is 6.61 Å². The molecule has 0 aromatic heterocycles. The monoisotopic (exact) mass is 293 g/mol. The topological polar surface area (TPSA) is 35.2 Å². The van der Waals surface area contributed by atoms with Crippen molar-refractivity contribution in [2.75, 3.05) is 13.2 Å². The molecule has 122 valence electrons. The summed E-state index contributed by atoms with van der Waals surface area (Å²) in [6.45, 7) is 18.7. The van der Waals surface area contributed by atoms with Gasteiger partial charge in [-0.3, -0.25) is 0 Å². The molecular weight excluding hydrogens is 258 g/mol. The molecule has 2 nitrogen and oxygen atoms in total. The fourth-order valence-corrected chi connectivity index (χ4v) is 2.22. The van der Waals surface area contributed by atoms with Gasteiger partial charge in [0.2, 0.25) is 0 Å². The molecule has 0 bridgehead atoms. The quantitative estimate of drug-likeness (QED) is 0.819. The fourth-order valence-electron chi connectivity index (χ4n) is 2.22. The highest BCUT2D eigenvalue weighted by Crippen LogP contribution is 2.36. The van der Waals surface area contributed by atoms with Crippen molar-refractivity contribution in [1.82, 2.24) is 0 Å². The van der Waals surface area contributed by atoms with Crippen LogP contribution in [0.25, 0.3) is 0 Å². The summed E-state index contributed by atoms with van der Waals surface area (Å²) < 4.78 is 6.01. The molecule has 0 aliphatic carbocycles. The highest BCUT2D eigenvalue weighted by Gasteiger charge is 2.22. The number of hydrogen-bond donors (Lipinski definition) is 1. The Labute approximate surface area is 132 Å². The first kappa shape index (κ1) is 20.0. The molecule has 2 heteroatoms. The van der Waals surface area contributed by atoms with Gasteiger partial charge in [0.25, 0.3) is 0 Å². The smallest absolute Gasteiger partial charge is 0.123 e.